The zero-order chi connectivity index (χ0) is 23.2. The molecular weight excluding hydrogens is 414 g/mol. The van der Waals surface area contributed by atoms with Crippen LogP contribution in [0.15, 0.2) is 48.5 Å². The number of sulfonamides is 1. The van der Waals surface area contributed by atoms with Crippen molar-refractivity contribution in [2.24, 2.45) is 0 Å². The van der Waals surface area contributed by atoms with E-state index in [1.165, 1.54) is 4.90 Å². The minimum absolute atomic E-state index is 0.197. The second kappa shape index (κ2) is 10.4. The normalized spacial score (nSPS) is 12.2. The molecule has 1 unspecified atom stereocenters. The highest BCUT2D eigenvalue weighted by molar-refractivity contribution is 7.92. The van der Waals surface area contributed by atoms with Gasteiger partial charge in [-0.1, -0.05) is 47.5 Å². The first-order chi connectivity index (χ1) is 14.5. The summed E-state index contributed by atoms with van der Waals surface area (Å²) in [6, 6.07) is 13.8. The Bertz CT molecular complexity index is 1000. The Labute approximate surface area is 185 Å². The SMILES string of the molecule is CCNC(=O)C(C)N(Cc1ccc(C)cc1)C(=O)CN(c1ccc(C)cc1)S(C)(=O)=O. The van der Waals surface area contributed by atoms with Crippen LogP contribution in [0.2, 0.25) is 0 Å². The lowest BCUT2D eigenvalue weighted by Gasteiger charge is -2.31. The van der Waals surface area contributed by atoms with Crippen LogP contribution in [0.5, 0.6) is 0 Å². The summed E-state index contributed by atoms with van der Waals surface area (Å²) in [7, 11) is -3.71. The maximum absolute atomic E-state index is 13.3. The third kappa shape index (κ3) is 6.82. The van der Waals surface area contributed by atoms with Gasteiger partial charge in [0.2, 0.25) is 21.8 Å². The minimum atomic E-state index is -3.71. The maximum atomic E-state index is 13.3. The highest BCUT2D eigenvalue weighted by Gasteiger charge is 2.29. The summed E-state index contributed by atoms with van der Waals surface area (Å²) in [5.74, 6) is -0.741. The average molecular weight is 446 g/mol. The van der Waals surface area contributed by atoms with Gasteiger partial charge in [0.15, 0.2) is 0 Å². The van der Waals surface area contributed by atoms with E-state index in [-0.39, 0.29) is 12.5 Å². The Hall–Kier alpha value is -2.87. The first-order valence-electron chi connectivity index (χ1n) is 10.2. The van der Waals surface area contributed by atoms with E-state index in [9.17, 15) is 18.0 Å². The zero-order valence-corrected chi connectivity index (χ0v) is 19.6. The summed E-state index contributed by atoms with van der Waals surface area (Å²) in [4.78, 5) is 27.2. The standard InChI is InChI=1S/C23H31N3O4S/c1-6-24-23(28)19(4)25(15-20-11-7-17(2)8-12-20)22(27)16-26(31(5,29)30)21-13-9-18(3)10-14-21/h7-14,19H,6,15-16H2,1-5H3,(H,24,28). The van der Waals surface area contributed by atoms with Crippen LogP contribution in [0.25, 0.3) is 0 Å². The van der Waals surface area contributed by atoms with Gasteiger partial charge in [-0.2, -0.15) is 0 Å². The molecule has 0 saturated carbocycles. The van der Waals surface area contributed by atoms with Crippen molar-refractivity contribution in [3.05, 3.63) is 65.2 Å². The number of hydrogen-bond acceptors (Lipinski definition) is 4. The van der Waals surface area contributed by atoms with Gasteiger partial charge in [-0.25, -0.2) is 8.42 Å². The molecule has 2 aromatic carbocycles. The Morgan fingerprint density at radius 1 is 0.968 bits per heavy atom. The minimum Gasteiger partial charge on any atom is -0.355 e. The zero-order valence-electron chi connectivity index (χ0n) is 18.8. The molecule has 168 valence electrons. The van der Waals surface area contributed by atoms with Gasteiger partial charge in [-0.15, -0.1) is 0 Å². The average Bonchev–Trinajstić information content (AvgIpc) is 2.71. The molecule has 0 spiro atoms. The second-order valence-electron chi connectivity index (χ2n) is 7.68. The molecular formula is C23H31N3O4S. The van der Waals surface area contributed by atoms with E-state index in [1.54, 1.807) is 38.1 Å². The van der Waals surface area contributed by atoms with E-state index in [1.807, 2.05) is 38.1 Å². The number of aryl methyl sites for hydroxylation is 2. The number of anilines is 1. The number of likely N-dealkylation sites (N-methyl/N-ethyl adjacent to an activating group) is 1. The first-order valence-corrected chi connectivity index (χ1v) is 12.0. The van der Waals surface area contributed by atoms with Gasteiger partial charge < -0.3 is 10.2 Å². The van der Waals surface area contributed by atoms with E-state index in [0.29, 0.717) is 12.2 Å². The number of rotatable bonds is 9. The number of benzene rings is 2. The van der Waals surface area contributed by atoms with Crippen molar-refractivity contribution in [3.8, 4) is 0 Å². The molecule has 0 aliphatic heterocycles. The molecule has 2 aromatic rings. The fourth-order valence-electron chi connectivity index (χ4n) is 3.12. The lowest BCUT2D eigenvalue weighted by Crippen LogP contribution is -2.51. The smallest absolute Gasteiger partial charge is 0.244 e. The van der Waals surface area contributed by atoms with Gasteiger partial charge in [0, 0.05) is 13.1 Å². The summed E-state index contributed by atoms with van der Waals surface area (Å²) in [5, 5.41) is 2.73. The van der Waals surface area contributed by atoms with Crippen molar-refractivity contribution in [2.45, 2.75) is 40.3 Å². The molecule has 0 fully saturated rings. The van der Waals surface area contributed by atoms with Crippen LogP contribution >= 0.6 is 0 Å². The van der Waals surface area contributed by atoms with Crippen molar-refractivity contribution < 1.29 is 18.0 Å². The lowest BCUT2D eigenvalue weighted by molar-refractivity contribution is -0.139. The molecule has 31 heavy (non-hydrogen) atoms. The number of amides is 2. The number of nitrogens with zero attached hydrogens (tertiary/aromatic N) is 2. The molecule has 2 amide bonds. The molecule has 0 aliphatic carbocycles. The van der Waals surface area contributed by atoms with Crippen LogP contribution in [0.1, 0.15) is 30.5 Å². The van der Waals surface area contributed by atoms with Crippen LogP contribution in [0, 0.1) is 13.8 Å². The molecule has 0 bridgehead atoms. The van der Waals surface area contributed by atoms with Crippen LogP contribution < -0.4 is 9.62 Å². The summed E-state index contributed by atoms with van der Waals surface area (Å²) in [6.07, 6.45) is 1.07. The van der Waals surface area contributed by atoms with E-state index < -0.39 is 28.5 Å². The predicted molar refractivity (Wildman–Crippen MR) is 123 cm³/mol. The number of carbonyl (C=O) groups excluding carboxylic acids is 2. The largest absolute Gasteiger partial charge is 0.355 e. The fraction of sp³-hybridized carbons (Fsp3) is 0.391. The van der Waals surface area contributed by atoms with Gasteiger partial charge >= 0.3 is 0 Å². The highest BCUT2D eigenvalue weighted by Crippen LogP contribution is 2.19. The predicted octanol–water partition coefficient (Wildman–Crippen LogP) is 2.62. The third-order valence-corrected chi connectivity index (χ3v) is 6.13. The van der Waals surface area contributed by atoms with Gasteiger partial charge in [0.25, 0.3) is 0 Å². The Balaban J connectivity index is 2.35. The molecule has 0 aromatic heterocycles. The van der Waals surface area contributed by atoms with Crippen molar-refractivity contribution in [3.63, 3.8) is 0 Å². The molecule has 0 radical (unpaired) electrons. The summed E-state index contributed by atoms with van der Waals surface area (Å²) in [5.41, 5.74) is 3.33. The Morgan fingerprint density at radius 2 is 1.48 bits per heavy atom. The molecule has 2 rings (SSSR count). The number of carbonyl (C=O) groups is 2. The van der Waals surface area contributed by atoms with Gasteiger partial charge in [0.05, 0.1) is 11.9 Å². The Kier molecular flexibility index (Phi) is 8.21. The van der Waals surface area contributed by atoms with Crippen molar-refractivity contribution in [1.82, 2.24) is 10.2 Å². The van der Waals surface area contributed by atoms with Crippen LogP contribution in [0.3, 0.4) is 0 Å². The number of nitrogens with one attached hydrogen (secondary N) is 1. The van der Waals surface area contributed by atoms with E-state index >= 15 is 0 Å². The molecule has 0 saturated heterocycles. The lowest BCUT2D eigenvalue weighted by atomic mass is 10.1. The van der Waals surface area contributed by atoms with E-state index in [2.05, 4.69) is 5.32 Å². The van der Waals surface area contributed by atoms with Crippen LogP contribution in [0.4, 0.5) is 5.69 Å². The van der Waals surface area contributed by atoms with Crippen molar-refractivity contribution >= 4 is 27.5 Å². The van der Waals surface area contributed by atoms with Gasteiger partial charge in [-0.05, 0) is 45.4 Å². The third-order valence-electron chi connectivity index (χ3n) is 4.99. The topological polar surface area (TPSA) is 86.8 Å². The van der Waals surface area contributed by atoms with Crippen LogP contribution in [-0.4, -0.2) is 50.5 Å². The summed E-state index contributed by atoms with van der Waals surface area (Å²) >= 11 is 0. The number of hydrogen-bond donors (Lipinski definition) is 1. The maximum Gasteiger partial charge on any atom is 0.244 e. The molecule has 0 heterocycles. The summed E-state index contributed by atoms with van der Waals surface area (Å²) in [6.45, 7) is 7.56. The van der Waals surface area contributed by atoms with Crippen molar-refractivity contribution in [1.29, 1.82) is 0 Å². The van der Waals surface area contributed by atoms with Gasteiger partial charge in [-0.3, -0.25) is 13.9 Å². The quantitative estimate of drug-likeness (QED) is 0.643. The molecule has 1 N–H and O–H groups in total. The van der Waals surface area contributed by atoms with Crippen molar-refractivity contribution in [2.75, 3.05) is 23.7 Å². The van der Waals surface area contributed by atoms with Crippen LogP contribution in [-0.2, 0) is 26.2 Å². The van der Waals surface area contributed by atoms with E-state index in [4.69, 9.17) is 0 Å². The summed E-state index contributed by atoms with van der Waals surface area (Å²) < 4.78 is 26.0. The monoisotopic (exact) mass is 445 g/mol. The molecule has 7 nitrogen and oxygen atoms in total. The molecule has 1 atom stereocenters. The molecule has 0 aliphatic rings. The Morgan fingerprint density at radius 3 is 1.97 bits per heavy atom. The molecule has 8 heteroatoms. The van der Waals surface area contributed by atoms with E-state index in [0.717, 1.165) is 27.3 Å². The fourth-order valence-corrected chi connectivity index (χ4v) is 3.97. The second-order valence-corrected chi connectivity index (χ2v) is 9.59. The first kappa shape index (κ1) is 24.4. The van der Waals surface area contributed by atoms with Gasteiger partial charge in [0.1, 0.15) is 12.6 Å². The highest BCUT2D eigenvalue weighted by atomic mass is 32.2.